The van der Waals surface area contributed by atoms with E-state index in [1.54, 1.807) is 0 Å². The van der Waals surface area contributed by atoms with Crippen LogP contribution >= 0.6 is 0 Å². The fourth-order valence-electron chi connectivity index (χ4n) is 3.98. The second kappa shape index (κ2) is 6.86. The number of rotatable bonds is 4. The van der Waals surface area contributed by atoms with Crippen molar-refractivity contribution in [2.75, 3.05) is 0 Å². The molecule has 122 valence electrons. The third-order valence-corrected chi connectivity index (χ3v) is 5.33. The Morgan fingerprint density at radius 1 is 1.00 bits per heavy atom. The third-order valence-electron chi connectivity index (χ3n) is 5.33. The highest BCUT2D eigenvalue weighted by Crippen LogP contribution is 2.45. The fraction of sp³-hybridized carbons (Fsp3) is 0.429. The van der Waals surface area contributed by atoms with Crippen LogP contribution < -0.4 is 5.32 Å². The van der Waals surface area contributed by atoms with Gasteiger partial charge in [-0.2, -0.15) is 0 Å². The Kier molecular flexibility index (Phi) is 4.84. The van der Waals surface area contributed by atoms with Crippen molar-refractivity contribution in [3.63, 3.8) is 0 Å². The van der Waals surface area contributed by atoms with Gasteiger partial charge in [0.25, 0.3) is 0 Å². The average molecular weight is 309 g/mol. The zero-order valence-corrected chi connectivity index (χ0v) is 14.1. The van der Waals surface area contributed by atoms with E-state index in [-0.39, 0.29) is 18.0 Å². The summed E-state index contributed by atoms with van der Waals surface area (Å²) in [5.41, 5.74) is 1.89. The van der Waals surface area contributed by atoms with Gasteiger partial charge in [-0.05, 0) is 24.0 Å². The first-order valence-electron chi connectivity index (χ1n) is 8.72. The van der Waals surface area contributed by atoms with Crippen molar-refractivity contribution >= 4 is 0 Å². The fourth-order valence-corrected chi connectivity index (χ4v) is 3.98. The molecule has 2 nitrogen and oxygen atoms in total. The molecule has 0 radical (unpaired) electrons. The van der Waals surface area contributed by atoms with Crippen LogP contribution in [-0.2, 0) is 0 Å². The Hall–Kier alpha value is -1.64. The lowest BCUT2D eigenvalue weighted by Crippen LogP contribution is -2.52. The Balaban J connectivity index is 1.95. The molecule has 0 amide bonds. The van der Waals surface area contributed by atoms with E-state index in [1.165, 1.54) is 11.1 Å². The molecule has 1 aliphatic rings. The van der Waals surface area contributed by atoms with Crippen LogP contribution in [-0.4, -0.2) is 10.7 Å². The van der Waals surface area contributed by atoms with Crippen LogP contribution in [0.4, 0.5) is 0 Å². The zero-order valence-electron chi connectivity index (χ0n) is 14.1. The van der Waals surface area contributed by atoms with Gasteiger partial charge in [0.2, 0.25) is 0 Å². The third kappa shape index (κ3) is 3.34. The lowest BCUT2D eigenvalue weighted by molar-refractivity contribution is -0.0743. The molecule has 1 saturated heterocycles. The molecule has 0 spiro atoms. The number of nitrogens with one attached hydrogen (secondary N) is 1. The molecule has 0 unspecified atom stereocenters. The summed E-state index contributed by atoms with van der Waals surface area (Å²) in [5, 5.41) is 15.2. The van der Waals surface area contributed by atoms with E-state index in [0.717, 1.165) is 19.3 Å². The maximum atomic E-state index is 11.4. The predicted molar refractivity (Wildman–Crippen MR) is 95.1 cm³/mol. The first-order chi connectivity index (χ1) is 11.1. The topological polar surface area (TPSA) is 32.3 Å². The molecule has 3 rings (SSSR count). The van der Waals surface area contributed by atoms with E-state index < -0.39 is 5.60 Å². The predicted octanol–water partition coefficient (Wildman–Crippen LogP) is 4.63. The largest absolute Gasteiger partial charge is 0.389 e. The molecule has 1 heterocycles. The monoisotopic (exact) mass is 309 g/mol. The molecule has 1 aliphatic heterocycles. The quantitative estimate of drug-likeness (QED) is 0.863. The van der Waals surface area contributed by atoms with Crippen LogP contribution in [0, 0.1) is 5.92 Å². The molecular weight excluding hydrogens is 282 g/mol. The molecule has 2 heteroatoms. The SMILES string of the molecule is CCC[C@]1(O)C[C@H](c2ccccc2)N[C@H](c2ccccc2)[C@H]1C. The van der Waals surface area contributed by atoms with E-state index in [9.17, 15) is 5.11 Å². The molecule has 0 aromatic heterocycles. The summed E-state index contributed by atoms with van der Waals surface area (Å²) in [7, 11) is 0. The highest BCUT2D eigenvalue weighted by Gasteiger charge is 2.45. The van der Waals surface area contributed by atoms with Crippen LogP contribution in [0.5, 0.6) is 0 Å². The molecule has 1 fully saturated rings. The number of aliphatic hydroxyl groups is 1. The second-order valence-corrected chi connectivity index (χ2v) is 6.86. The average Bonchev–Trinajstić information content (AvgIpc) is 2.59. The van der Waals surface area contributed by atoms with E-state index >= 15 is 0 Å². The van der Waals surface area contributed by atoms with Crippen molar-refractivity contribution in [3.05, 3.63) is 71.8 Å². The van der Waals surface area contributed by atoms with Crippen molar-refractivity contribution in [2.24, 2.45) is 5.92 Å². The lowest BCUT2D eigenvalue weighted by atomic mass is 9.70. The Labute approximate surface area is 139 Å². The van der Waals surface area contributed by atoms with Gasteiger partial charge in [-0.15, -0.1) is 0 Å². The lowest BCUT2D eigenvalue weighted by Gasteiger charge is -2.48. The van der Waals surface area contributed by atoms with Gasteiger partial charge in [0.05, 0.1) is 5.60 Å². The standard InChI is InChI=1S/C21H27NO/c1-3-14-21(23)15-19(17-10-6-4-7-11-17)22-20(16(21)2)18-12-8-5-9-13-18/h4-13,16,19-20,22-23H,3,14-15H2,1-2H3/t16-,19-,20+,21+/m1/s1. The first-order valence-corrected chi connectivity index (χ1v) is 8.72. The summed E-state index contributed by atoms with van der Waals surface area (Å²) < 4.78 is 0. The minimum atomic E-state index is -0.624. The van der Waals surface area contributed by atoms with Crippen LogP contribution in [0.2, 0.25) is 0 Å². The van der Waals surface area contributed by atoms with Crippen LogP contribution in [0.3, 0.4) is 0 Å². The van der Waals surface area contributed by atoms with Crippen LogP contribution in [0.1, 0.15) is 56.3 Å². The Bertz CT molecular complexity index is 612. The van der Waals surface area contributed by atoms with Crippen molar-refractivity contribution < 1.29 is 5.11 Å². The van der Waals surface area contributed by atoms with Gasteiger partial charge in [0.1, 0.15) is 0 Å². The van der Waals surface area contributed by atoms with Gasteiger partial charge in [-0.3, -0.25) is 0 Å². The maximum Gasteiger partial charge on any atom is 0.0709 e. The van der Waals surface area contributed by atoms with Gasteiger partial charge < -0.3 is 10.4 Å². The second-order valence-electron chi connectivity index (χ2n) is 6.86. The molecular formula is C21H27NO. The number of hydrogen-bond acceptors (Lipinski definition) is 2. The van der Waals surface area contributed by atoms with Crippen LogP contribution in [0.15, 0.2) is 60.7 Å². The summed E-state index contributed by atoms with van der Waals surface area (Å²) in [6, 6.07) is 21.4. The number of benzene rings is 2. The molecule has 2 aromatic carbocycles. The minimum Gasteiger partial charge on any atom is -0.389 e. The highest BCUT2D eigenvalue weighted by molar-refractivity contribution is 5.26. The molecule has 0 aliphatic carbocycles. The molecule has 0 saturated carbocycles. The van der Waals surface area contributed by atoms with E-state index in [1.807, 2.05) is 12.1 Å². The van der Waals surface area contributed by atoms with E-state index in [4.69, 9.17) is 0 Å². The van der Waals surface area contributed by atoms with Gasteiger partial charge in [-0.1, -0.05) is 80.9 Å². The summed E-state index contributed by atoms with van der Waals surface area (Å²) in [4.78, 5) is 0. The summed E-state index contributed by atoms with van der Waals surface area (Å²) in [6.45, 7) is 4.34. The smallest absolute Gasteiger partial charge is 0.0709 e. The summed E-state index contributed by atoms with van der Waals surface area (Å²) in [5.74, 6) is 0.185. The van der Waals surface area contributed by atoms with E-state index in [0.29, 0.717) is 0 Å². The molecule has 4 atom stereocenters. The van der Waals surface area contributed by atoms with Crippen LogP contribution in [0.25, 0.3) is 0 Å². The number of hydrogen-bond donors (Lipinski definition) is 2. The molecule has 2 aromatic rings. The summed E-state index contributed by atoms with van der Waals surface area (Å²) >= 11 is 0. The highest BCUT2D eigenvalue weighted by atomic mass is 16.3. The molecule has 2 N–H and O–H groups in total. The van der Waals surface area contributed by atoms with Crippen molar-refractivity contribution in [3.8, 4) is 0 Å². The minimum absolute atomic E-state index is 0.173. The number of piperidine rings is 1. The first kappa shape index (κ1) is 16.2. The van der Waals surface area contributed by atoms with Crippen molar-refractivity contribution in [1.82, 2.24) is 5.32 Å². The maximum absolute atomic E-state index is 11.4. The summed E-state index contributed by atoms with van der Waals surface area (Å²) in [6.07, 6.45) is 2.63. The van der Waals surface area contributed by atoms with Gasteiger partial charge in [-0.25, -0.2) is 0 Å². The normalized spacial score (nSPS) is 31.0. The molecule has 0 bridgehead atoms. The van der Waals surface area contributed by atoms with Crippen molar-refractivity contribution in [1.29, 1.82) is 0 Å². The van der Waals surface area contributed by atoms with Gasteiger partial charge in [0.15, 0.2) is 0 Å². The molecule has 23 heavy (non-hydrogen) atoms. The zero-order chi connectivity index (χ0) is 16.3. The van der Waals surface area contributed by atoms with Crippen molar-refractivity contribution in [2.45, 2.75) is 50.8 Å². The van der Waals surface area contributed by atoms with Gasteiger partial charge >= 0.3 is 0 Å². The Morgan fingerprint density at radius 3 is 2.13 bits per heavy atom. The van der Waals surface area contributed by atoms with Gasteiger partial charge in [0, 0.05) is 18.0 Å². The van der Waals surface area contributed by atoms with E-state index in [2.05, 4.69) is 67.7 Å². The Morgan fingerprint density at radius 2 is 1.57 bits per heavy atom.